The largest absolute Gasteiger partial charge is 0.396 e. The second kappa shape index (κ2) is 6.88. The molecular weight excluding hydrogens is 267 g/mol. The molecule has 0 fully saturated rings. The number of rotatable bonds is 5. The molecule has 1 atom stereocenters. The molecule has 0 radical (unpaired) electrons. The van der Waals surface area contributed by atoms with Gasteiger partial charge in [0.05, 0.1) is 17.3 Å². The third kappa shape index (κ3) is 3.60. The Hall–Kier alpha value is -2.36. The lowest BCUT2D eigenvalue weighted by molar-refractivity contribution is 0.0935. The first-order chi connectivity index (χ1) is 10.1. The molecule has 2 rings (SSSR count). The maximum Gasteiger partial charge on any atom is 0.253 e. The number of carbonyl (C=O) groups excluding carboxylic acids is 1. The van der Waals surface area contributed by atoms with Gasteiger partial charge in [0.1, 0.15) is 5.82 Å². The van der Waals surface area contributed by atoms with Crippen LogP contribution in [0.15, 0.2) is 48.5 Å². The van der Waals surface area contributed by atoms with Crippen LogP contribution in [-0.4, -0.2) is 5.91 Å². The number of para-hydroxylation sites is 1. The summed E-state index contributed by atoms with van der Waals surface area (Å²) >= 11 is 0. The lowest BCUT2D eigenvalue weighted by Gasteiger charge is -2.19. The number of nitrogens with one attached hydrogen (secondary N) is 1. The number of carbonyl (C=O) groups is 1. The van der Waals surface area contributed by atoms with Crippen LogP contribution in [0.25, 0.3) is 0 Å². The lowest BCUT2D eigenvalue weighted by Crippen LogP contribution is -2.29. The Morgan fingerprint density at radius 1 is 1.19 bits per heavy atom. The van der Waals surface area contributed by atoms with Crippen molar-refractivity contribution in [2.24, 2.45) is 0 Å². The molecule has 0 aliphatic rings. The van der Waals surface area contributed by atoms with Crippen LogP contribution in [0, 0.1) is 5.82 Å². The van der Waals surface area contributed by atoms with Gasteiger partial charge in [-0.25, -0.2) is 4.39 Å². The zero-order chi connectivity index (χ0) is 15.2. The highest BCUT2D eigenvalue weighted by atomic mass is 19.1. The first-order valence-corrected chi connectivity index (χ1v) is 7.03. The van der Waals surface area contributed by atoms with Gasteiger partial charge in [-0.3, -0.25) is 4.79 Å². The summed E-state index contributed by atoms with van der Waals surface area (Å²) in [7, 11) is 0. The van der Waals surface area contributed by atoms with Crippen LogP contribution in [0.3, 0.4) is 0 Å². The number of hydrogen-bond donors (Lipinski definition) is 2. The summed E-state index contributed by atoms with van der Waals surface area (Å²) in [5, 5.41) is 2.93. The molecule has 110 valence electrons. The van der Waals surface area contributed by atoms with E-state index in [-0.39, 0.29) is 23.2 Å². The zero-order valence-corrected chi connectivity index (χ0v) is 12.0. The summed E-state index contributed by atoms with van der Waals surface area (Å²) in [5.74, 6) is -0.927. The summed E-state index contributed by atoms with van der Waals surface area (Å²) in [5.41, 5.74) is 6.73. The van der Waals surface area contributed by atoms with E-state index >= 15 is 0 Å². The third-order valence-corrected chi connectivity index (χ3v) is 3.38. The topological polar surface area (TPSA) is 55.1 Å². The van der Waals surface area contributed by atoms with Gasteiger partial charge in [0.2, 0.25) is 0 Å². The standard InChI is InChI=1S/C17H19FN2O/c1-2-7-15(12-8-4-3-5-9-12)20-17(21)13-10-6-11-14(18)16(13)19/h3-6,8-11,15H,2,7,19H2,1H3,(H,20,21). The summed E-state index contributed by atoms with van der Waals surface area (Å²) < 4.78 is 13.4. The summed E-state index contributed by atoms with van der Waals surface area (Å²) in [4.78, 5) is 12.3. The zero-order valence-electron chi connectivity index (χ0n) is 12.0. The van der Waals surface area contributed by atoms with Gasteiger partial charge in [-0.05, 0) is 24.1 Å². The van der Waals surface area contributed by atoms with E-state index in [9.17, 15) is 9.18 Å². The van der Waals surface area contributed by atoms with Crippen LogP contribution in [0.2, 0.25) is 0 Å². The number of amides is 1. The molecule has 3 N–H and O–H groups in total. The maximum absolute atomic E-state index is 13.4. The fraction of sp³-hybridized carbons (Fsp3) is 0.235. The summed E-state index contributed by atoms with van der Waals surface area (Å²) in [6.07, 6.45) is 1.74. The molecule has 0 aromatic heterocycles. The average molecular weight is 286 g/mol. The average Bonchev–Trinajstić information content (AvgIpc) is 2.50. The Labute approximate surface area is 124 Å². The van der Waals surface area contributed by atoms with Crippen LogP contribution in [0.5, 0.6) is 0 Å². The maximum atomic E-state index is 13.4. The van der Waals surface area contributed by atoms with Crippen molar-refractivity contribution in [3.63, 3.8) is 0 Å². The van der Waals surface area contributed by atoms with Crippen molar-refractivity contribution < 1.29 is 9.18 Å². The highest BCUT2D eigenvalue weighted by molar-refractivity contribution is 5.99. The molecule has 0 heterocycles. The second-order valence-corrected chi connectivity index (χ2v) is 4.93. The van der Waals surface area contributed by atoms with E-state index in [1.165, 1.54) is 18.2 Å². The molecule has 1 amide bonds. The number of nitrogen functional groups attached to an aromatic ring is 1. The van der Waals surface area contributed by atoms with Gasteiger partial charge in [0, 0.05) is 0 Å². The molecule has 2 aromatic carbocycles. The Morgan fingerprint density at radius 3 is 2.57 bits per heavy atom. The highest BCUT2D eigenvalue weighted by Gasteiger charge is 2.17. The number of anilines is 1. The van der Waals surface area contributed by atoms with Gasteiger partial charge >= 0.3 is 0 Å². The van der Waals surface area contributed by atoms with Gasteiger partial charge in [0.15, 0.2) is 0 Å². The Morgan fingerprint density at radius 2 is 1.90 bits per heavy atom. The van der Waals surface area contributed by atoms with Crippen LogP contribution >= 0.6 is 0 Å². The van der Waals surface area contributed by atoms with Gasteiger partial charge in [-0.1, -0.05) is 49.7 Å². The minimum Gasteiger partial charge on any atom is -0.396 e. The molecule has 0 aliphatic carbocycles. The van der Waals surface area contributed by atoms with Gasteiger partial charge in [0.25, 0.3) is 5.91 Å². The molecule has 0 bridgehead atoms. The predicted octanol–water partition coefficient (Wildman–Crippen LogP) is 3.68. The monoisotopic (exact) mass is 286 g/mol. The molecule has 0 saturated heterocycles. The van der Waals surface area contributed by atoms with E-state index in [1.807, 2.05) is 30.3 Å². The van der Waals surface area contributed by atoms with E-state index in [4.69, 9.17) is 5.73 Å². The Bertz CT molecular complexity index is 613. The van der Waals surface area contributed by atoms with E-state index in [0.29, 0.717) is 0 Å². The molecule has 21 heavy (non-hydrogen) atoms. The molecule has 0 saturated carbocycles. The lowest BCUT2D eigenvalue weighted by atomic mass is 10.0. The molecule has 0 spiro atoms. The fourth-order valence-corrected chi connectivity index (χ4v) is 2.27. The van der Waals surface area contributed by atoms with Crippen LogP contribution in [0.4, 0.5) is 10.1 Å². The first-order valence-electron chi connectivity index (χ1n) is 7.03. The fourth-order valence-electron chi connectivity index (χ4n) is 2.27. The molecule has 3 nitrogen and oxygen atoms in total. The van der Waals surface area contributed by atoms with E-state index < -0.39 is 5.82 Å². The number of benzene rings is 2. The van der Waals surface area contributed by atoms with Gasteiger partial charge in [-0.15, -0.1) is 0 Å². The highest BCUT2D eigenvalue weighted by Crippen LogP contribution is 2.21. The van der Waals surface area contributed by atoms with Crippen molar-refractivity contribution in [1.82, 2.24) is 5.32 Å². The molecule has 2 aromatic rings. The van der Waals surface area contributed by atoms with Crippen molar-refractivity contribution in [3.05, 3.63) is 65.5 Å². The summed E-state index contributed by atoms with van der Waals surface area (Å²) in [6.45, 7) is 2.05. The second-order valence-electron chi connectivity index (χ2n) is 4.93. The number of hydrogen-bond acceptors (Lipinski definition) is 2. The van der Waals surface area contributed by atoms with E-state index in [1.54, 1.807) is 0 Å². The van der Waals surface area contributed by atoms with Gasteiger partial charge in [-0.2, -0.15) is 0 Å². The Kier molecular flexibility index (Phi) is 4.93. The van der Waals surface area contributed by atoms with Crippen molar-refractivity contribution >= 4 is 11.6 Å². The summed E-state index contributed by atoms with van der Waals surface area (Å²) in [6, 6.07) is 13.9. The van der Waals surface area contributed by atoms with Crippen molar-refractivity contribution in [2.75, 3.05) is 5.73 Å². The van der Waals surface area contributed by atoms with Crippen molar-refractivity contribution in [3.8, 4) is 0 Å². The number of nitrogens with two attached hydrogens (primary N) is 1. The van der Waals surface area contributed by atoms with Crippen LogP contribution in [-0.2, 0) is 0 Å². The minimum absolute atomic E-state index is 0.105. The Balaban J connectivity index is 2.21. The van der Waals surface area contributed by atoms with Crippen molar-refractivity contribution in [1.29, 1.82) is 0 Å². The van der Waals surface area contributed by atoms with Crippen LogP contribution in [0.1, 0.15) is 41.7 Å². The van der Waals surface area contributed by atoms with Gasteiger partial charge < -0.3 is 11.1 Å². The molecular formula is C17H19FN2O. The number of halogens is 1. The minimum atomic E-state index is -0.575. The van der Waals surface area contributed by atoms with Crippen LogP contribution < -0.4 is 11.1 Å². The smallest absolute Gasteiger partial charge is 0.253 e. The van der Waals surface area contributed by atoms with E-state index in [0.717, 1.165) is 18.4 Å². The third-order valence-electron chi connectivity index (χ3n) is 3.38. The molecule has 0 aliphatic heterocycles. The molecule has 1 unspecified atom stereocenters. The van der Waals surface area contributed by atoms with Crippen molar-refractivity contribution in [2.45, 2.75) is 25.8 Å². The first kappa shape index (κ1) is 15.0. The quantitative estimate of drug-likeness (QED) is 0.824. The predicted molar refractivity (Wildman–Crippen MR) is 82.4 cm³/mol. The normalized spacial score (nSPS) is 11.9. The van der Waals surface area contributed by atoms with E-state index in [2.05, 4.69) is 12.2 Å². The molecule has 4 heteroatoms. The SMILES string of the molecule is CCCC(NC(=O)c1cccc(F)c1N)c1ccccc1.